The highest BCUT2D eigenvalue weighted by molar-refractivity contribution is 9.10. The van der Waals surface area contributed by atoms with Crippen LogP contribution in [0.25, 0.3) is 33.5 Å². The predicted octanol–water partition coefficient (Wildman–Crippen LogP) is 8.50. The smallest absolute Gasteiger partial charge is 0.282 e. The Morgan fingerprint density at radius 1 is 0.952 bits per heavy atom. The first-order valence-electron chi connectivity index (χ1n) is 13.3. The number of halogens is 2. The van der Waals surface area contributed by atoms with Gasteiger partial charge in [-0.25, -0.2) is 4.98 Å². The van der Waals surface area contributed by atoms with Crippen LogP contribution >= 0.6 is 31.9 Å². The summed E-state index contributed by atoms with van der Waals surface area (Å²) >= 11 is 7.14. The van der Waals surface area contributed by atoms with E-state index >= 15 is 0 Å². The molecule has 42 heavy (non-hydrogen) atoms. The molecule has 0 bridgehead atoms. The fraction of sp³-hybridized carbons (Fsp3) is 0.121. The van der Waals surface area contributed by atoms with Crippen LogP contribution in [0.3, 0.4) is 0 Å². The molecule has 0 N–H and O–H groups in total. The fourth-order valence-corrected chi connectivity index (χ4v) is 5.31. The van der Waals surface area contributed by atoms with Crippen LogP contribution in [0.2, 0.25) is 0 Å². The molecule has 210 valence electrons. The van der Waals surface area contributed by atoms with Crippen molar-refractivity contribution in [2.24, 2.45) is 5.10 Å². The first-order chi connectivity index (χ1) is 20.4. The van der Waals surface area contributed by atoms with Gasteiger partial charge in [0, 0.05) is 19.9 Å². The summed E-state index contributed by atoms with van der Waals surface area (Å²) in [6.45, 7) is 4.82. The summed E-state index contributed by atoms with van der Waals surface area (Å²) in [5.41, 5.74) is 3.86. The third-order valence-corrected chi connectivity index (χ3v) is 7.82. The van der Waals surface area contributed by atoms with Gasteiger partial charge in [0.25, 0.3) is 5.56 Å². The molecule has 0 amide bonds. The van der Waals surface area contributed by atoms with E-state index in [2.05, 4.69) is 56.0 Å². The van der Waals surface area contributed by atoms with Gasteiger partial charge in [-0.3, -0.25) is 4.79 Å². The fourth-order valence-electron chi connectivity index (χ4n) is 4.51. The Kier molecular flexibility index (Phi) is 7.95. The zero-order valence-corrected chi connectivity index (χ0v) is 26.0. The number of hydrogen-bond acceptors (Lipinski definition) is 6. The van der Waals surface area contributed by atoms with Crippen molar-refractivity contribution in [3.63, 3.8) is 0 Å². The standard InChI is InChI=1S/C33H25Br2N3O4/c1-3-40-29-16-23(26(35)17-30(29)41-19-21-10-8-20(2)9-11-21)18-36-38-32(37-27-7-5-4-6-25(27)33(38)39)31-15-22-14-24(34)12-13-28(22)42-31/h4-18H,3,19H2,1-2H3. The van der Waals surface area contributed by atoms with Crippen LogP contribution in [0.1, 0.15) is 23.6 Å². The second-order valence-electron chi connectivity index (χ2n) is 9.63. The van der Waals surface area contributed by atoms with Gasteiger partial charge in [-0.1, -0.05) is 57.9 Å². The van der Waals surface area contributed by atoms with Gasteiger partial charge in [0.2, 0.25) is 5.82 Å². The topological polar surface area (TPSA) is 78.9 Å². The van der Waals surface area contributed by atoms with E-state index in [1.54, 1.807) is 24.4 Å². The lowest BCUT2D eigenvalue weighted by Gasteiger charge is -2.14. The molecule has 0 spiro atoms. The predicted molar refractivity (Wildman–Crippen MR) is 173 cm³/mol. The molecule has 0 fully saturated rings. The summed E-state index contributed by atoms with van der Waals surface area (Å²) in [6.07, 6.45) is 1.59. The number of benzene rings is 4. The minimum absolute atomic E-state index is 0.293. The van der Waals surface area contributed by atoms with Crippen LogP contribution < -0.4 is 15.0 Å². The van der Waals surface area contributed by atoms with Gasteiger partial charge in [0.15, 0.2) is 17.3 Å². The average molecular weight is 687 g/mol. The number of para-hydroxylation sites is 1. The maximum Gasteiger partial charge on any atom is 0.282 e. The molecular formula is C33H25Br2N3O4. The number of aromatic nitrogens is 2. The number of nitrogens with zero attached hydrogens (tertiary/aromatic N) is 3. The third-order valence-electron chi connectivity index (χ3n) is 6.64. The molecule has 6 aromatic rings. The second kappa shape index (κ2) is 12.0. The van der Waals surface area contributed by atoms with Gasteiger partial charge >= 0.3 is 0 Å². The van der Waals surface area contributed by atoms with E-state index in [1.807, 2.05) is 61.5 Å². The van der Waals surface area contributed by atoms with E-state index in [-0.39, 0.29) is 5.56 Å². The van der Waals surface area contributed by atoms with Crippen LogP contribution in [0.4, 0.5) is 0 Å². The summed E-state index contributed by atoms with van der Waals surface area (Å²) in [6, 6.07) is 26.6. The van der Waals surface area contributed by atoms with E-state index in [9.17, 15) is 4.79 Å². The Morgan fingerprint density at radius 2 is 1.74 bits per heavy atom. The molecule has 0 aliphatic heterocycles. The van der Waals surface area contributed by atoms with E-state index in [1.165, 1.54) is 10.2 Å². The number of hydrogen-bond donors (Lipinski definition) is 0. The van der Waals surface area contributed by atoms with Gasteiger partial charge in [-0.2, -0.15) is 9.78 Å². The minimum atomic E-state index is -0.312. The highest BCUT2D eigenvalue weighted by atomic mass is 79.9. The summed E-state index contributed by atoms with van der Waals surface area (Å²) in [4.78, 5) is 18.4. The first kappa shape index (κ1) is 27.9. The molecule has 9 heteroatoms. The molecule has 0 aliphatic rings. The van der Waals surface area contributed by atoms with Crippen molar-refractivity contribution >= 4 is 59.9 Å². The van der Waals surface area contributed by atoms with Crippen molar-refractivity contribution in [3.8, 4) is 23.1 Å². The van der Waals surface area contributed by atoms with Gasteiger partial charge in [-0.15, -0.1) is 0 Å². The van der Waals surface area contributed by atoms with E-state index < -0.39 is 0 Å². The van der Waals surface area contributed by atoms with Crippen molar-refractivity contribution in [3.05, 3.63) is 121 Å². The second-order valence-corrected chi connectivity index (χ2v) is 11.4. The zero-order chi connectivity index (χ0) is 29.2. The lowest BCUT2D eigenvalue weighted by atomic mass is 10.1. The van der Waals surface area contributed by atoms with Crippen LogP contribution in [0.15, 0.2) is 108 Å². The lowest BCUT2D eigenvalue weighted by molar-refractivity contribution is 0.269. The van der Waals surface area contributed by atoms with Crippen LogP contribution in [0, 0.1) is 6.92 Å². The highest BCUT2D eigenvalue weighted by Gasteiger charge is 2.17. The number of rotatable bonds is 8. The minimum Gasteiger partial charge on any atom is -0.490 e. The quantitative estimate of drug-likeness (QED) is 0.150. The van der Waals surface area contributed by atoms with Crippen molar-refractivity contribution in [1.29, 1.82) is 0 Å². The summed E-state index contributed by atoms with van der Waals surface area (Å²) in [5, 5.41) is 5.93. The molecule has 0 atom stereocenters. The molecular weight excluding hydrogens is 662 g/mol. The SMILES string of the molecule is CCOc1cc(C=Nn2c(-c3cc4cc(Br)ccc4o3)nc3ccccc3c2=O)c(Br)cc1OCc1ccc(C)cc1. The molecule has 6 rings (SSSR count). The van der Waals surface area contributed by atoms with Crippen LogP contribution in [0.5, 0.6) is 11.5 Å². The Morgan fingerprint density at radius 3 is 2.55 bits per heavy atom. The van der Waals surface area contributed by atoms with Gasteiger partial charge < -0.3 is 13.9 Å². The highest BCUT2D eigenvalue weighted by Crippen LogP contribution is 2.34. The lowest BCUT2D eigenvalue weighted by Crippen LogP contribution is -2.20. The molecule has 7 nitrogen and oxygen atoms in total. The average Bonchev–Trinajstić information content (AvgIpc) is 3.41. The largest absolute Gasteiger partial charge is 0.490 e. The van der Waals surface area contributed by atoms with Gasteiger partial charge in [0.1, 0.15) is 12.2 Å². The monoisotopic (exact) mass is 685 g/mol. The molecule has 0 unspecified atom stereocenters. The normalized spacial score (nSPS) is 11.5. The van der Waals surface area contributed by atoms with E-state index in [0.717, 1.165) is 19.9 Å². The van der Waals surface area contributed by atoms with E-state index in [4.69, 9.17) is 18.9 Å². The maximum atomic E-state index is 13.7. The van der Waals surface area contributed by atoms with Gasteiger partial charge in [0.05, 0.1) is 23.7 Å². The molecule has 0 saturated carbocycles. The van der Waals surface area contributed by atoms with Crippen molar-refractivity contribution in [2.75, 3.05) is 6.61 Å². The van der Waals surface area contributed by atoms with Crippen LogP contribution in [-0.2, 0) is 6.61 Å². The summed E-state index contributed by atoms with van der Waals surface area (Å²) in [5.74, 6) is 1.89. The molecule has 0 radical (unpaired) electrons. The zero-order valence-electron chi connectivity index (χ0n) is 22.8. The summed E-state index contributed by atoms with van der Waals surface area (Å²) < 4.78 is 21.0. The Balaban J connectivity index is 1.40. The summed E-state index contributed by atoms with van der Waals surface area (Å²) in [7, 11) is 0. The van der Waals surface area contributed by atoms with E-state index in [0.29, 0.717) is 58.3 Å². The van der Waals surface area contributed by atoms with Crippen molar-refractivity contribution in [2.45, 2.75) is 20.5 Å². The van der Waals surface area contributed by atoms with Gasteiger partial charge in [-0.05, 0) is 83.9 Å². The molecule has 2 heterocycles. The van der Waals surface area contributed by atoms with Crippen molar-refractivity contribution < 1.29 is 13.9 Å². The number of aryl methyl sites for hydroxylation is 1. The Hall–Kier alpha value is -4.21. The van der Waals surface area contributed by atoms with Crippen LogP contribution in [-0.4, -0.2) is 22.5 Å². The third kappa shape index (κ3) is 5.75. The molecule has 0 saturated heterocycles. The molecule has 0 aliphatic carbocycles. The molecule has 2 aromatic heterocycles. The Labute approximate surface area is 258 Å². The first-order valence-corrected chi connectivity index (χ1v) is 14.9. The number of ether oxygens (including phenoxy) is 2. The number of furan rings is 1. The molecule has 4 aromatic carbocycles. The van der Waals surface area contributed by atoms with Crippen molar-refractivity contribution in [1.82, 2.24) is 9.66 Å². The maximum absolute atomic E-state index is 13.7. The Bertz CT molecular complexity index is 2010. The number of fused-ring (bicyclic) bond motifs is 2.